The third-order valence-corrected chi connectivity index (χ3v) is 4.14. The predicted molar refractivity (Wildman–Crippen MR) is 75.2 cm³/mol. The molecule has 0 aliphatic carbocycles. The lowest BCUT2D eigenvalue weighted by Crippen LogP contribution is -2.21. The van der Waals surface area contributed by atoms with E-state index in [1.165, 1.54) is 36.4 Å². The maximum atomic E-state index is 12.3. The molecule has 2 aromatic rings. The molecule has 0 radical (unpaired) electrons. The van der Waals surface area contributed by atoms with Crippen LogP contribution in [0.15, 0.2) is 53.4 Å². The molecule has 0 atom stereocenters. The Kier molecular flexibility index (Phi) is 3.91. The molecule has 0 fully saturated rings. The molecule has 2 aromatic carbocycles. The van der Waals surface area contributed by atoms with E-state index in [0.717, 1.165) is 0 Å². The van der Waals surface area contributed by atoms with Gasteiger partial charge in [-0.15, -0.1) is 0 Å². The van der Waals surface area contributed by atoms with Gasteiger partial charge in [0.05, 0.1) is 11.3 Å². The van der Waals surface area contributed by atoms with Gasteiger partial charge in [0.15, 0.2) is 0 Å². The second-order valence-electron chi connectivity index (χ2n) is 4.09. The van der Waals surface area contributed by atoms with Crippen molar-refractivity contribution in [3.8, 4) is 6.07 Å². The van der Waals surface area contributed by atoms with Crippen LogP contribution in [0.1, 0.15) is 11.1 Å². The molecule has 0 saturated heterocycles. The van der Waals surface area contributed by atoms with Crippen LogP contribution < -0.4 is 9.83 Å². The Labute approximate surface area is 121 Å². The van der Waals surface area contributed by atoms with Crippen LogP contribution in [0.3, 0.4) is 0 Å². The number of nitrogens with one attached hydrogen (secondary N) is 2. The molecule has 0 aliphatic heterocycles. The van der Waals surface area contributed by atoms with Gasteiger partial charge in [-0.1, -0.05) is 30.3 Å². The minimum atomic E-state index is -4.02. The number of anilines is 1. The number of hydrogen-bond acceptors (Lipinski definition) is 5. The number of para-hydroxylation sites is 1. The van der Waals surface area contributed by atoms with Crippen LogP contribution in [0.25, 0.3) is 0 Å². The van der Waals surface area contributed by atoms with Crippen molar-refractivity contribution in [1.29, 1.82) is 10.7 Å². The first kappa shape index (κ1) is 14.6. The quantitative estimate of drug-likeness (QED) is 0.648. The monoisotopic (exact) mass is 300 g/mol. The van der Waals surface area contributed by atoms with E-state index in [9.17, 15) is 13.5 Å². The molecular weight excluding hydrogens is 290 g/mol. The molecular formula is C14H10N3O3S-. The molecule has 0 aliphatic rings. The van der Waals surface area contributed by atoms with E-state index < -0.39 is 15.9 Å². The first-order valence-corrected chi connectivity index (χ1v) is 7.31. The summed E-state index contributed by atoms with van der Waals surface area (Å²) in [6, 6.07) is 13.3. The van der Waals surface area contributed by atoms with Gasteiger partial charge in [0, 0.05) is 5.56 Å². The molecule has 7 heteroatoms. The summed E-state index contributed by atoms with van der Waals surface area (Å²) in [5.74, 6) is -0.998. The van der Waals surface area contributed by atoms with Crippen LogP contribution in [0.2, 0.25) is 0 Å². The van der Waals surface area contributed by atoms with Gasteiger partial charge in [0.25, 0.3) is 10.0 Å². The Bertz CT molecular complexity index is 839. The molecule has 0 saturated carbocycles. The molecule has 0 aromatic heterocycles. The van der Waals surface area contributed by atoms with Crippen molar-refractivity contribution < 1.29 is 13.5 Å². The van der Waals surface area contributed by atoms with E-state index in [0.29, 0.717) is 0 Å². The van der Waals surface area contributed by atoms with E-state index >= 15 is 0 Å². The maximum Gasteiger partial charge on any atom is 0.263 e. The minimum Gasteiger partial charge on any atom is -0.859 e. The topological polar surface area (TPSA) is 117 Å². The van der Waals surface area contributed by atoms with E-state index in [1.807, 2.05) is 0 Å². The fourth-order valence-corrected chi connectivity index (χ4v) is 3.00. The van der Waals surface area contributed by atoms with Crippen molar-refractivity contribution in [2.75, 3.05) is 4.72 Å². The van der Waals surface area contributed by atoms with Crippen LogP contribution in [0, 0.1) is 16.7 Å². The van der Waals surface area contributed by atoms with Crippen LogP contribution in [0.4, 0.5) is 5.69 Å². The lowest BCUT2D eigenvalue weighted by Gasteiger charge is -2.15. The van der Waals surface area contributed by atoms with Gasteiger partial charge in [-0.3, -0.25) is 4.72 Å². The number of nitrogens with zero attached hydrogens (tertiary/aromatic N) is 1. The maximum absolute atomic E-state index is 12.3. The summed E-state index contributed by atoms with van der Waals surface area (Å²) in [5.41, 5.74) is -0.0552. The SMILES string of the molecule is N#Cc1ccccc1S(=O)(=O)Nc1ccccc1C(=N)[O-]. The summed E-state index contributed by atoms with van der Waals surface area (Å²) < 4.78 is 26.9. The average molecular weight is 300 g/mol. The number of nitriles is 1. The third-order valence-electron chi connectivity index (χ3n) is 2.71. The standard InChI is InChI=1S/C14H11N3O3S/c15-9-10-5-1-4-8-13(10)21(19,20)17-12-7-3-2-6-11(12)14(16)18/h1-8,17H,(H2,16,18)/p-1. The number of sulfonamides is 1. The number of benzene rings is 2. The first-order chi connectivity index (χ1) is 9.95. The van der Waals surface area contributed by atoms with Crippen molar-refractivity contribution in [3.63, 3.8) is 0 Å². The Hall–Kier alpha value is -2.85. The van der Waals surface area contributed by atoms with Crippen molar-refractivity contribution in [2.24, 2.45) is 0 Å². The summed E-state index contributed by atoms with van der Waals surface area (Å²) in [7, 11) is -4.02. The summed E-state index contributed by atoms with van der Waals surface area (Å²) >= 11 is 0. The lowest BCUT2D eigenvalue weighted by atomic mass is 10.2. The normalized spacial score (nSPS) is 10.6. The van der Waals surface area contributed by atoms with Gasteiger partial charge in [-0.05, 0) is 24.1 Å². The van der Waals surface area contributed by atoms with E-state index in [2.05, 4.69) is 4.72 Å². The summed E-state index contributed by atoms with van der Waals surface area (Å²) in [5, 5.41) is 27.3. The zero-order valence-electron chi connectivity index (χ0n) is 10.7. The van der Waals surface area contributed by atoms with Crippen LogP contribution in [-0.2, 0) is 10.0 Å². The fraction of sp³-hybridized carbons (Fsp3) is 0. The Morgan fingerprint density at radius 3 is 2.43 bits per heavy atom. The molecule has 2 N–H and O–H groups in total. The minimum absolute atomic E-state index is 0.000295. The molecule has 0 heterocycles. The van der Waals surface area contributed by atoms with Gasteiger partial charge in [0.2, 0.25) is 0 Å². The van der Waals surface area contributed by atoms with Crippen molar-refractivity contribution in [2.45, 2.75) is 4.90 Å². The first-order valence-electron chi connectivity index (χ1n) is 5.82. The third kappa shape index (κ3) is 3.01. The summed E-state index contributed by atoms with van der Waals surface area (Å²) in [6.07, 6.45) is 0. The van der Waals surface area contributed by atoms with E-state index in [4.69, 9.17) is 10.7 Å². The second kappa shape index (κ2) is 5.64. The molecule has 0 amide bonds. The van der Waals surface area contributed by atoms with Crippen LogP contribution in [0.5, 0.6) is 0 Å². The fourth-order valence-electron chi connectivity index (χ4n) is 1.76. The molecule has 2 rings (SSSR count). The van der Waals surface area contributed by atoms with Crippen molar-refractivity contribution in [3.05, 3.63) is 59.7 Å². The summed E-state index contributed by atoms with van der Waals surface area (Å²) in [6.45, 7) is 0. The number of hydrogen-bond donors (Lipinski definition) is 2. The van der Waals surface area contributed by atoms with Crippen LogP contribution >= 0.6 is 0 Å². The Balaban J connectivity index is 2.49. The Morgan fingerprint density at radius 1 is 1.14 bits per heavy atom. The van der Waals surface area contributed by atoms with E-state index in [-0.39, 0.29) is 21.7 Å². The lowest BCUT2D eigenvalue weighted by molar-refractivity contribution is -0.214. The van der Waals surface area contributed by atoms with Crippen molar-refractivity contribution >= 4 is 21.6 Å². The smallest absolute Gasteiger partial charge is 0.263 e. The zero-order chi connectivity index (χ0) is 15.5. The predicted octanol–water partition coefficient (Wildman–Crippen LogP) is 1.04. The highest BCUT2D eigenvalue weighted by Gasteiger charge is 2.19. The zero-order valence-corrected chi connectivity index (χ0v) is 11.5. The van der Waals surface area contributed by atoms with Crippen LogP contribution in [-0.4, -0.2) is 14.3 Å². The average Bonchev–Trinajstić information content (AvgIpc) is 2.47. The molecule has 0 spiro atoms. The highest BCUT2D eigenvalue weighted by molar-refractivity contribution is 7.92. The summed E-state index contributed by atoms with van der Waals surface area (Å²) in [4.78, 5) is -0.181. The number of rotatable bonds is 4. The highest BCUT2D eigenvalue weighted by atomic mass is 32.2. The molecule has 0 unspecified atom stereocenters. The van der Waals surface area contributed by atoms with Gasteiger partial charge in [-0.25, -0.2) is 8.42 Å². The van der Waals surface area contributed by atoms with E-state index in [1.54, 1.807) is 18.2 Å². The molecule has 6 nitrogen and oxygen atoms in total. The molecule has 0 bridgehead atoms. The van der Waals surface area contributed by atoms with Gasteiger partial charge >= 0.3 is 0 Å². The Morgan fingerprint density at radius 2 is 1.76 bits per heavy atom. The van der Waals surface area contributed by atoms with Gasteiger partial charge in [-0.2, -0.15) is 5.26 Å². The molecule has 21 heavy (non-hydrogen) atoms. The molecule has 106 valence electrons. The van der Waals surface area contributed by atoms with Gasteiger partial charge in [0.1, 0.15) is 11.0 Å². The highest BCUT2D eigenvalue weighted by Crippen LogP contribution is 2.21. The second-order valence-corrected chi connectivity index (χ2v) is 5.74. The van der Waals surface area contributed by atoms with Gasteiger partial charge < -0.3 is 10.5 Å². The van der Waals surface area contributed by atoms with Crippen molar-refractivity contribution in [1.82, 2.24) is 0 Å². The largest absolute Gasteiger partial charge is 0.859 e.